The van der Waals surface area contributed by atoms with Crippen LogP contribution in [0.3, 0.4) is 0 Å². The molecule has 0 aliphatic rings. The van der Waals surface area contributed by atoms with Crippen LogP contribution in [0.15, 0.2) is 28.2 Å². The average Bonchev–Trinajstić information content (AvgIpc) is 3.14. The van der Waals surface area contributed by atoms with Gasteiger partial charge < -0.3 is 9.84 Å². The molecule has 0 atom stereocenters. The molecule has 0 bridgehead atoms. The number of nitrogens with one attached hydrogen (secondary N) is 1. The third kappa shape index (κ3) is 3.63. The molecular weight excluding hydrogens is 320 g/mol. The summed E-state index contributed by atoms with van der Waals surface area (Å²) in [7, 11) is 0. The average molecular weight is 334 g/mol. The molecule has 0 fully saturated rings. The second-order valence-corrected chi connectivity index (χ2v) is 6.46. The molecule has 114 valence electrons. The van der Waals surface area contributed by atoms with E-state index in [1.165, 1.54) is 11.8 Å². The Morgan fingerprint density at radius 3 is 3.18 bits per heavy atom. The number of fused-ring (bicyclic) bond motifs is 1. The number of nitrogens with zero attached hydrogens (tertiary/aromatic N) is 3. The number of aromatic nitrogens is 3. The summed E-state index contributed by atoms with van der Waals surface area (Å²) in [6, 6.07) is 5.94. The maximum Gasteiger partial charge on any atom is 0.236 e. The standard InChI is InChI=1S/C14H14N4O2S2/c1-9-17-13(20-18-9)7-21-6-12(19)15-5-10-3-2-4-11-14(10)22-8-16-11/h2-4,8H,5-7H2,1H3,(H,15,19). The van der Waals surface area contributed by atoms with Crippen molar-refractivity contribution in [1.82, 2.24) is 20.4 Å². The van der Waals surface area contributed by atoms with Gasteiger partial charge in [-0.05, 0) is 18.6 Å². The van der Waals surface area contributed by atoms with Crippen LogP contribution in [-0.4, -0.2) is 26.8 Å². The number of thioether (sulfide) groups is 1. The van der Waals surface area contributed by atoms with Crippen molar-refractivity contribution in [3.05, 3.63) is 41.0 Å². The van der Waals surface area contributed by atoms with E-state index in [1.807, 2.05) is 23.7 Å². The monoisotopic (exact) mass is 334 g/mol. The number of benzene rings is 1. The summed E-state index contributed by atoms with van der Waals surface area (Å²) in [6.07, 6.45) is 0. The largest absolute Gasteiger partial charge is 0.351 e. The highest BCUT2D eigenvalue weighted by Crippen LogP contribution is 2.22. The van der Waals surface area contributed by atoms with Gasteiger partial charge in [0.25, 0.3) is 0 Å². The van der Waals surface area contributed by atoms with Crippen molar-refractivity contribution in [2.24, 2.45) is 0 Å². The normalized spacial score (nSPS) is 11.0. The molecule has 22 heavy (non-hydrogen) atoms. The van der Waals surface area contributed by atoms with Crippen molar-refractivity contribution in [2.45, 2.75) is 19.2 Å². The fourth-order valence-corrected chi connectivity index (χ4v) is 3.44. The summed E-state index contributed by atoms with van der Waals surface area (Å²) < 4.78 is 6.12. The van der Waals surface area contributed by atoms with Crippen molar-refractivity contribution in [2.75, 3.05) is 5.75 Å². The molecule has 1 aromatic carbocycles. The van der Waals surface area contributed by atoms with Crippen molar-refractivity contribution >= 4 is 39.2 Å². The lowest BCUT2D eigenvalue weighted by molar-refractivity contribution is -0.118. The summed E-state index contributed by atoms with van der Waals surface area (Å²) in [5.41, 5.74) is 3.88. The Morgan fingerprint density at radius 1 is 1.45 bits per heavy atom. The third-order valence-electron chi connectivity index (χ3n) is 2.94. The minimum Gasteiger partial charge on any atom is -0.351 e. The number of amides is 1. The number of rotatable bonds is 6. The maximum absolute atomic E-state index is 11.9. The molecule has 3 rings (SSSR count). The van der Waals surface area contributed by atoms with Crippen molar-refractivity contribution in [1.29, 1.82) is 0 Å². The van der Waals surface area contributed by atoms with E-state index in [0.717, 1.165) is 15.8 Å². The summed E-state index contributed by atoms with van der Waals surface area (Å²) >= 11 is 3.04. The van der Waals surface area contributed by atoms with Crippen LogP contribution in [0.4, 0.5) is 0 Å². The first kappa shape index (κ1) is 15.0. The van der Waals surface area contributed by atoms with Gasteiger partial charge >= 0.3 is 0 Å². The Morgan fingerprint density at radius 2 is 2.36 bits per heavy atom. The van der Waals surface area contributed by atoms with E-state index in [1.54, 1.807) is 18.3 Å². The molecule has 0 unspecified atom stereocenters. The lowest BCUT2D eigenvalue weighted by atomic mass is 10.2. The van der Waals surface area contributed by atoms with Crippen molar-refractivity contribution < 1.29 is 9.32 Å². The van der Waals surface area contributed by atoms with Gasteiger partial charge in [0.1, 0.15) is 0 Å². The third-order valence-corrected chi connectivity index (χ3v) is 4.78. The van der Waals surface area contributed by atoms with Crippen LogP contribution >= 0.6 is 23.1 Å². The Kier molecular flexibility index (Phi) is 4.69. The first-order chi connectivity index (χ1) is 10.7. The molecule has 0 aliphatic heterocycles. The molecule has 0 spiro atoms. The number of aryl methyl sites for hydroxylation is 1. The Hall–Kier alpha value is -1.93. The molecule has 1 amide bonds. The zero-order valence-electron chi connectivity index (χ0n) is 11.9. The summed E-state index contributed by atoms with van der Waals surface area (Å²) in [6.45, 7) is 2.28. The number of carbonyl (C=O) groups is 1. The fourth-order valence-electron chi connectivity index (χ4n) is 1.96. The Labute approximate surface area is 135 Å². The predicted octanol–water partition coefficient (Wildman–Crippen LogP) is 2.54. The van der Waals surface area contributed by atoms with E-state index in [2.05, 4.69) is 20.4 Å². The fraction of sp³-hybridized carbons (Fsp3) is 0.286. The molecule has 6 nitrogen and oxygen atoms in total. The first-order valence-electron chi connectivity index (χ1n) is 6.67. The zero-order valence-corrected chi connectivity index (χ0v) is 13.5. The maximum atomic E-state index is 11.9. The van der Waals surface area contributed by atoms with Crippen LogP contribution in [0.25, 0.3) is 10.2 Å². The highest BCUT2D eigenvalue weighted by molar-refractivity contribution is 7.99. The minimum absolute atomic E-state index is 0.0113. The SMILES string of the molecule is Cc1noc(CSCC(=O)NCc2cccc3ncsc23)n1. The van der Waals surface area contributed by atoms with E-state index >= 15 is 0 Å². The molecule has 1 N–H and O–H groups in total. The lowest BCUT2D eigenvalue weighted by Crippen LogP contribution is -2.24. The van der Waals surface area contributed by atoms with Crippen LogP contribution in [-0.2, 0) is 17.1 Å². The number of hydrogen-bond acceptors (Lipinski definition) is 7. The second-order valence-electron chi connectivity index (χ2n) is 4.62. The van der Waals surface area contributed by atoms with E-state index < -0.39 is 0 Å². The number of thiazole rings is 1. The predicted molar refractivity (Wildman–Crippen MR) is 86.7 cm³/mol. The van der Waals surface area contributed by atoms with Crippen molar-refractivity contribution in [3.8, 4) is 0 Å². The number of hydrogen-bond donors (Lipinski definition) is 1. The van der Waals surface area contributed by atoms with E-state index in [4.69, 9.17) is 4.52 Å². The van der Waals surface area contributed by atoms with Gasteiger partial charge in [0, 0.05) is 6.54 Å². The summed E-state index contributed by atoms with van der Waals surface area (Å²) in [5.74, 6) is 2.05. The van der Waals surface area contributed by atoms with Gasteiger partial charge in [0.15, 0.2) is 5.82 Å². The highest BCUT2D eigenvalue weighted by Gasteiger charge is 2.08. The van der Waals surface area contributed by atoms with Gasteiger partial charge in [-0.2, -0.15) is 4.98 Å². The molecular formula is C14H14N4O2S2. The van der Waals surface area contributed by atoms with E-state index in [0.29, 0.717) is 29.8 Å². The molecule has 0 aliphatic carbocycles. The Bertz CT molecular complexity index is 784. The minimum atomic E-state index is -0.0113. The van der Waals surface area contributed by atoms with Crippen LogP contribution in [0.2, 0.25) is 0 Å². The van der Waals surface area contributed by atoms with Crippen LogP contribution in [0.1, 0.15) is 17.3 Å². The smallest absolute Gasteiger partial charge is 0.236 e. The topological polar surface area (TPSA) is 80.9 Å². The van der Waals surface area contributed by atoms with Gasteiger partial charge in [-0.1, -0.05) is 17.3 Å². The van der Waals surface area contributed by atoms with Gasteiger partial charge in [0.05, 0.1) is 27.2 Å². The Balaban J connectivity index is 1.47. The van der Waals surface area contributed by atoms with Crippen LogP contribution in [0.5, 0.6) is 0 Å². The molecule has 8 heteroatoms. The number of carbonyl (C=O) groups excluding carboxylic acids is 1. The van der Waals surface area contributed by atoms with Gasteiger partial charge in [-0.3, -0.25) is 4.79 Å². The van der Waals surface area contributed by atoms with E-state index in [-0.39, 0.29) is 5.91 Å². The summed E-state index contributed by atoms with van der Waals surface area (Å²) in [5, 5.41) is 6.63. The first-order valence-corrected chi connectivity index (χ1v) is 8.70. The molecule has 3 aromatic rings. The van der Waals surface area contributed by atoms with E-state index in [9.17, 15) is 4.79 Å². The second kappa shape index (κ2) is 6.89. The van der Waals surface area contributed by atoms with Gasteiger partial charge in [0.2, 0.25) is 11.8 Å². The molecule has 0 saturated heterocycles. The quantitative estimate of drug-likeness (QED) is 0.746. The van der Waals surface area contributed by atoms with Gasteiger partial charge in [-0.15, -0.1) is 23.1 Å². The molecule has 2 heterocycles. The highest BCUT2D eigenvalue weighted by atomic mass is 32.2. The van der Waals surface area contributed by atoms with Crippen molar-refractivity contribution in [3.63, 3.8) is 0 Å². The molecule has 2 aromatic heterocycles. The summed E-state index contributed by atoms with van der Waals surface area (Å²) in [4.78, 5) is 20.2. The van der Waals surface area contributed by atoms with Crippen LogP contribution in [0, 0.1) is 6.92 Å². The lowest BCUT2D eigenvalue weighted by Gasteiger charge is -2.05. The molecule has 0 saturated carbocycles. The zero-order chi connectivity index (χ0) is 15.4. The molecule has 0 radical (unpaired) electrons. The van der Waals surface area contributed by atoms with Gasteiger partial charge in [-0.25, -0.2) is 4.98 Å². The van der Waals surface area contributed by atoms with Crippen LogP contribution < -0.4 is 5.32 Å².